The van der Waals surface area contributed by atoms with Gasteiger partial charge in [0, 0.05) is 24.3 Å². The van der Waals surface area contributed by atoms with Crippen LogP contribution in [0.3, 0.4) is 0 Å². The number of amides is 1. The second kappa shape index (κ2) is 11.4. The first-order chi connectivity index (χ1) is 17.9. The highest BCUT2D eigenvalue weighted by atomic mass is 16.6. The Labute approximate surface area is 221 Å². The van der Waals surface area contributed by atoms with Gasteiger partial charge in [0.1, 0.15) is 11.8 Å². The van der Waals surface area contributed by atoms with Crippen molar-refractivity contribution in [2.75, 3.05) is 27.9 Å². The lowest BCUT2D eigenvalue weighted by atomic mass is 9.70. The molecule has 2 atom stereocenters. The van der Waals surface area contributed by atoms with Crippen LogP contribution in [0.4, 0.5) is 4.79 Å². The highest BCUT2D eigenvalue weighted by Gasteiger charge is 2.58. The number of ether oxygens (including phenoxy) is 4. The van der Waals surface area contributed by atoms with Crippen molar-refractivity contribution in [3.8, 4) is 0 Å². The van der Waals surface area contributed by atoms with Crippen molar-refractivity contribution < 1.29 is 43.2 Å². The van der Waals surface area contributed by atoms with Crippen LogP contribution < -0.4 is 5.32 Å². The summed E-state index contributed by atoms with van der Waals surface area (Å²) in [6.07, 6.45) is -1.55. The number of carbonyl (C=O) groups excluding carboxylic acids is 4. The molecule has 0 spiro atoms. The molecule has 38 heavy (non-hydrogen) atoms. The zero-order valence-corrected chi connectivity index (χ0v) is 22.7. The van der Waals surface area contributed by atoms with Gasteiger partial charge in [0.25, 0.3) is 0 Å². The highest BCUT2D eigenvalue weighted by molar-refractivity contribution is 6.08. The SMILES string of the molecule is COC(=O)CC[C@@H]1CC(C(=O)OC)(C(=O)OC)c2c(CCNC(=O)OC(C)(C)C)c3ccccc3n2[C@@H]1O. The molecule has 0 bridgehead atoms. The van der Waals surface area contributed by atoms with E-state index in [9.17, 15) is 24.3 Å². The topological polar surface area (TPSA) is 142 Å². The molecule has 0 unspecified atom stereocenters. The summed E-state index contributed by atoms with van der Waals surface area (Å²) in [4.78, 5) is 51.1. The quantitative estimate of drug-likeness (QED) is 0.298. The van der Waals surface area contributed by atoms with E-state index in [1.54, 1.807) is 43.5 Å². The van der Waals surface area contributed by atoms with Gasteiger partial charge >= 0.3 is 24.0 Å². The number of para-hydroxylation sites is 1. The van der Waals surface area contributed by atoms with Crippen LogP contribution >= 0.6 is 0 Å². The van der Waals surface area contributed by atoms with Gasteiger partial charge in [-0.1, -0.05) is 18.2 Å². The fourth-order valence-corrected chi connectivity index (χ4v) is 5.18. The lowest BCUT2D eigenvalue weighted by Gasteiger charge is -2.41. The van der Waals surface area contributed by atoms with Crippen molar-refractivity contribution in [3.05, 3.63) is 35.5 Å². The molecule has 2 N–H and O–H groups in total. The third kappa shape index (κ3) is 5.47. The molecule has 1 aromatic carbocycles. The number of nitrogens with one attached hydrogen (secondary N) is 1. The zero-order valence-electron chi connectivity index (χ0n) is 22.7. The van der Waals surface area contributed by atoms with E-state index in [0.29, 0.717) is 16.5 Å². The van der Waals surface area contributed by atoms with Crippen LogP contribution in [0.1, 0.15) is 57.5 Å². The Morgan fingerprint density at radius 3 is 2.26 bits per heavy atom. The Hall–Kier alpha value is -3.60. The number of hydrogen-bond donors (Lipinski definition) is 2. The molecule has 0 radical (unpaired) electrons. The summed E-state index contributed by atoms with van der Waals surface area (Å²) < 4.78 is 21.9. The number of hydrogen-bond acceptors (Lipinski definition) is 9. The maximum atomic E-state index is 13.5. The number of aliphatic hydroxyl groups excluding tert-OH is 1. The van der Waals surface area contributed by atoms with E-state index >= 15 is 0 Å². The Morgan fingerprint density at radius 2 is 1.68 bits per heavy atom. The number of nitrogens with zero attached hydrogens (tertiary/aromatic N) is 1. The van der Waals surface area contributed by atoms with E-state index < -0.39 is 47.2 Å². The molecule has 0 aliphatic carbocycles. The summed E-state index contributed by atoms with van der Waals surface area (Å²) >= 11 is 0. The normalized spacial score (nSPS) is 18.3. The van der Waals surface area contributed by atoms with E-state index in [-0.39, 0.29) is 37.9 Å². The van der Waals surface area contributed by atoms with Crippen molar-refractivity contribution >= 4 is 34.9 Å². The molecule has 11 nitrogen and oxygen atoms in total. The predicted molar refractivity (Wildman–Crippen MR) is 136 cm³/mol. The number of benzene rings is 1. The van der Waals surface area contributed by atoms with Crippen LogP contribution in [0.5, 0.6) is 0 Å². The van der Waals surface area contributed by atoms with Crippen LogP contribution in [0.2, 0.25) is 0 Å². The van der Waals surface area contributed by atoms with E-state index in [0.717, 1.165) is 0 Å². The summed E-state index contributed by atoms with van der Waals surface area (Å²) in [6, 6.07) is 7.17. The average Bonchev–Trinajstić information content (AvgIpc) is 3.21. The third-order valence-corrected chi connectivity index (χ3v) is 6.73. The molecule has 0 saturated carbocycles. The molecule has 208 valence electrons. The molecule has 0 fully saturated rings. The number of fused-ring (bicyclic) bond motifs is 3. The number of aliphatic hydroxyl groups is 1. The average molecular weight is 533 g/mol. The van der Waals surface area contributed by atoms with Crippen LogP contribution in [-0.4, -0.2) is 67.1 Å². The molecule has 1 aromatic heterocycles. The molecule has 1 aliphatic rings. The molecule has 2 heterocycles. The molecule has 2 aromatic rings. The largest absolute Gasteiger partial charge is 0.469 e. The number of alkyl carbamates (subject to hydrolysis) is 1. The van der Waals surface area contributed by atoms with E-state index in [1.807, 2.05) is 6.07 Å². The highest BCUT2D eigenvalue weighted by Crippen LogP contribution is 2.49. The molecule has 1 amide bonds. The van der Waals surface area contributed by atoms with Crippen molar-refractivity contribution in [1.29, 1.82) is 0 Å². The zero-order chi connectivity index (χ0) is 28.3. The number of aromatic nitrogens is 1. The van der Waals surface area contributed by atoms with Gasteiger partial charge in [0.15, 0.2) is 0 Å². The standard InChI is InChI=1S/C27H36N2O9/c1-26(2,3)38-25(34)28-14-13-18-17-9-7-8-10-19(17)29-21(18)27(23(32)36-5,24(33)37-6)15-16(22(29)31)11-12-20(30)35-4/h7-10,16,22,31H,11-15H2,1-6H3,(H,28,34)/t16-,22-/m1/s1. The summed E-state index contributed by atoms with van der Waals surface area (Å²) in [5, 5.41) is 14.9. The summed E-state index contributed by atoms with van der Waals surface area (Å²) in [5.74, 6) is -2.84. The maximum Gasteiger partial charge on any atom is 0.407 e. The third-order valence-electron chi connectivity index (χ3n) is 6.73. The lowest BCUT2D eigenvalue weighted by Crippen LogP contribution is -2.53. The van der Waals surface area contributed by atoms with Gasteiger partial charge in [0.05, 0.1) is 32.5 Å². The van der Waals surface area contributed by atoms with Gasteiger partial charge < -0.3 is 33.9 Å². The van der Waals surface area contributed by atoms with Crippen molar-refractivity contribution in [3.63, 3.8) is 0 Å². The minimum absolute atomic E-state index is 0.0160. The number of rotatable bonds is 8. The summed E-state index contributed by atoms with van der Waals surface area (Å²) in [6.45, 7) is 5.40. The molecule has 3 rings (SSSR count). The lowest BCUT2D eigenvalue weighted by molar-refractivity contribution is -0.166. The first-order valence-electron chi connectivity index (χ1n) is 12.4. The van der Waals surface area contributed by atoms with Crippen molar-refractivity contribution in [2.24, 2.45) is 5.92 Å². The summed E-state index contributed by atoms with van der Waals surface area (Å²) in [5.41, 5.74) is -1.19. The second-order valence-corrected chi connectivity index (χ2v) is 10.3. The van der Waals surface area contributed by atoms with E-state index in [2.05, 4.69) is 5.32 Å². The predicted octanol–water partition coefficient (Wildman–Crippen LogP) is 2.76. The van der Waals surface area contributed by atoms with Gasteiger partial charge in [-0.15, -0.1) is 0 Å². The molecular formula is C27H36N2O9. The van der Waals surface area contributed by atoms with Gasteiger partial charge in [-0.2, -0.15) is 0 Å². The second-order valence-electron chi connectivity index (χ2n) is 10.3. The molecular weight excluding hydrogens is 496 g/mol. The number of carbonyl (C=O) groups is 4. The first-order valence-corrected chi connectivity index (χ1v) is 12.4. The Bertz CT molecular complexity index is 1200. The fraction of sp³-hybridized carbons (Fsp3) is 0.556. The van der Waals surface area contributed by atoms with Gasteiger partial charge in [-0.05, 0) is 51.7 Å². The monoisotopic (exact) mass is 532 g/mol. The fourth-order valence-electron chi connectivity index (χ4n) is 5.18. The van der Waals surface area contributed by atoms with E-state index in [1.165, 1.54) is 21.3 Å². The first kappa shape index (κ1) is 29.0. The number of esters is 3. The Kier molecular flexibility index (Phi) is 8.71. The van der Waals surface area contributed by atoms with Crippen LogP contribution in [-0.2, 0) is 45.2 Å². The summed E-state index contributed by atoms with van der Waals surface area (Å²) in [7, 11) is 3.62. The Balaban J connectivity index is 2.18. The van der Waals surface area contributed by atoms with E-state index in [4.69, 9.17) is 18.9 Å². The van der Waals surface area contributed by atoms with Gasteiger partial charge in [-0.3, -0.25) is 14.4 Å². The molecule has 1 aliphatic heterocycles. The smallest absolute Gasteiger partial charge is 0.407 e. The number of methoxy groups -OCH3 is 3. The van der Waals surface area contributed by atoms with Crippen molar-refractivity contribution in [1.82, 2.24) is 9.88 Å². The van der Waals surface area contributed by atoms with Crippen LogP contribution in [0, 0.1) is 5.92 Å². The van der Waals surface area contributed by atoms with Crippen LogP contribution in [0.15, 0.2) is 24.3 Å². The van der Waals surface area contributed by atoms with Gasteiger partial charge in [0.2, 0.25) is 5.41 Å². The maximum absolute atomic E-state index is 13.5. The van der Waals surface area contributed by atoms with Gasteiger partial charge in [-0.25, -0.2) is 4.79 Å². The Morgan fingerprint density at radius 1 is 1.05 bits per heavy atom. The van der Waals surface area contributed by atoms with Crippen molar-refractivity contribution in [2.45, 2.75) is 63.7 Å². The molecule has 0 saturated heterocycles. The minimum Gasteiger partial charge on any atom is -0.469 e. The molecule has 11 heteroatoms. The van der Waals surface area contributed by atoms with Crippen LogP contribution in [0.25, 0.3) is 10.9 Å². The minimum atomic E-state index is -1.91.